The molecule has 3 rings (SSSR count). The van der Waals surface area contributed by atoms with Gasteiger partial charge in [0.15, 0.2) is 6.10 Å². The van der Waals surface area contributed by atoms with Crippen LogP contribution in [0.4, 0.5) is 0 Å². The summed E-state index contributed by atoms with van der Waals surface area (Å²) in [5, 5.41) is 47.0. The summed E-state index contributed by atoms with van der Waals surface area (Å²) in [6.45, 7) is 5.72. The highest BCUT2D eigenvalue weighted by Gasteiger charge is 2.54. The lowest BCUT2D eigenvalue weighted by molar-refractivity contribution is -0.265. The Morgan fingerprint density at radius 2 is 0.868 bits per heavy atom. The van der Waals surface area contributed by atoms with E-state index in [1.807, 2.05) is 0 Å². The van der Waals surface area contributed by atoms with E-state index in [0.717, 1.165) is 70.6 Å². The third-order valence-corrected chi connectivity index (χ3v) is 15.4. The van der Waals surface area contributed by atoms with Crippen LogP contribution in [0.1, 0.15) is 233 Å². The Hall–Kier alpha value is -3.56. The predicted molar refractivity (Wildman–Crippen MR) is 298 cm³/mol. The number of esters is 2. The first-order valence-electron chi connectivity index (χ1n) is 29.7. The highest BCUT2D eigenvalue weighted by atomic mass is 31.2. The van der Waals surface area contributed by atoms with Gasteiger partial charge < -0.3 is 49.0 Å². The van der Waals surface area contributed by atoms with Gasteiger partial charge in [-0.05, 0) is 43.5 Å². The fourth-order valence-corrected chi connectivity index (χ4v) is 11.0. The van der Waals surface area contributed by atoms with Gasteiger partial charge in [-0.3, -0.25) is 18.9 Å². The van der Waals surface area contributed by atoms with E-state index in [0.29, 0.717) is 38.5 Å². The van der Waals surface area contributed by atoms with E-state index < -0.39 is 94.1 Å². The summed E-state index contributed by atoms with van der Waals surface area (Å²) in [5.41, 5.74) is 0. The van der Waals surface area contributed by atoms with Crippen LogP contribution in [0.2, 0.25) is 0 Å². The van der Waals surface area contributed by atoms with Crippen molar-refractivity contribution in [3.05, 3.63) is 60.7 Å². The second-order valence-corrected chi connectivity index (χ2v) is 22.5. The standard InChI is InChI=1S/C60H100NO14P/c1-4-7-10-13-16-19-22-25-30-37-48(63)44-54(66)61-57-59(71-55(67)45-49(64)38-31-26-23-20-17-14-11-8-5-2)58(75-76(69,73-51-40-33-28-34-41-51)74-52-42-35-29-36-43-52)53(47-62)70-60(57)72-56(68)46-50(65)39-32-27-24-21-18-15-12-9-6-3/h28-29,33-36,40-43,48-50,53,57-60,62-65H,4-27,30-32,37-39,44-47H2,1-3H3,(H,61,66)/t48-,49-,50-,53-,57-,58-,59-,60-/m1/s1. The average Bonchev–Trinajstić information content (AvgIpc) is 3.39. The molecule has 1 fully saturated rings. The van der Waals surface area contributed by atoms with Crippen LogP contribution < -0.4 is 14.4 Å². The molecule has 0 aliphatic carbocycles. The number of para-hydroxylation sites is 2. The van der Waals surface area contributed by atoms with Gasteiger partial charge in [0.05, 0.1) is 44.2 Å². The highest BCUT2D eigenvalue weighted by molar-refractivity contribution is 7.49. The molecular formula is C60H100NO14P. The molecule has 1 saturated heterocycles. The van der Waals surface area contributed by atoms with Gasteiger partial charge in [-0.25, -0.2) is 4.57 Å². The summed E-state index contributed by atoms with van der Waals surface area (Å²) in [5.74, 6) is -2.34. The third-order valence-electron chi connectivity index (χ3n) is 14.0. The molecule has 0 saturated carbocycles. The van der Waals surface area contributed by atoms with E-state index in [1.165, 1.54) is 108 Å². The van der Waals surface area contributed by atoms with E-state index in [4.69, 9.17) is 27.8 Å². The molecule has 15 nitrogen and oxygen atoms in total. The second kappa shape index (κ2) is 41.5. The lowest BCUT2D eigenvalue weighted by atomic mass is 9.95. The number of nitrogens with one attached hydrogen (secondary N) is 1. The Balaban J connectivity index is 1.90. The molecule has 0 radical (unpaired) electrons. The first kappa shape index (κ1) is 66.7. The minimum Gasteiger partial charge on any atom is -0.457 e. The number of aliphatic hydroxyl groups excluding tert-OH is 4. The number of phosphoric acid groups is 1. The molecule has 1 amide bonds. The maximum Gasteiger partial charge on any atom is 0.588 e. The maximum absolute atomic E-state index is 15.0. The number of hydrogen-bond donors (Lipinski definition) is 5. The molecule has 8 atom stereocenters. The molecule has 2 aromatic carbocycles. The summed E-state index contributed by atoms with van der Waals surface area (Å²) in [6.07, 6.45) is 19.0. The average molecular weight is 1090 g/mol. The monoisotopic (exact) mass is 1090 g/mol. The number of carbonyl (C=O) groups is 3. The van der Waals surface area contributed by atoms with Crippen LogP contribution in [0.3, 0.4) is 0 Å². The molecular weight excluding hydrogens is 990 g/mol. The fourth-order valence-electron chi connectivity index (χ4n) is 9.60. The topological polar surface area (TPSA) is 217 Å². The van der Waals surface area contributed by atoms with E-state index in [9.17, 15) is 34.8 Å². The zero-order valence-electron chi connectivity index (χ0n) is 46.8. The number of unbranched alkanes of at least 4 members (excludes halogenated alkanes) is 24. The fraction of sp³-hybridized carbons (Fsp3) is 0.750. The van der Waals surface area contributed by atoms with Crippen molar-refractivity contribution in [3.8, 4) is 11.5 Å². The van der Waals surface area contributed by atoms with E-state index in [1.54, 1.807) is 36.4 Å². The van der Waals surface area contributed by atoms with Crippen molar-refractivity contribution in [2.45, 2.75) is 282 Å². The highest BCUT2D eigenvalue weighted by Crippen LogP contribution is 2.52. The Labute approximate surface area is 456 Å². The van der Waals surface area contributed by atoms with Crippen LogP contribution in [0.5, 0.6) is 11.5 Å². The van der Waals surface area contributed by atoms with Gasteiger partial charge in [0, 0.05) is 0 Å². The summed E-state index contributed by atoms with van der Waals surface area (Å²) in [6, 6.07) is 14.6. The number of benzene rings is 2. The molecule has 0 bridgehead atoms. The number of phosphoric ester groups is 1. The van der Waals surface area contributed by atoms with E-state index in [2.05, 4.69) is 26.1 Å². The maximum atomic E-state index is 15.0. The largest absolute Gasteiger partial charge is 0.588 e. The zero-order valence-corrected chi connectivity index (χ0v) is 47.6. The summed E-state index contributed by atoms with van der Waals surface area (Å²) < 4.78 is 51.4. The first-order chi connectivity index (χ1) is 36.9. The predicted octanol–water partition coefficient (Wildman–Crippen LogP) is 13.3. The van der Waals surface area contributed by atoms with Crippen molar-refractivity contribution in [1.29, 1.82) is 0 Å². The summed E-state index contributed by atoms with van der Waals surface area (Å²) >= 11 is 0. The van der Waals surface area contributed by atoms with Crippen LogP contribution in [0.15, 0.2) is 60.7 Å². The second-order valence-electron chi connectivity index (χ2n) is 21.0. The molecule has 5 N–H and O–H groups in total. The minimum absolute atomic E-state index is 0.0887. The smallest absolute Gasteiger partial charge is 0.457 e. The van der Waals surface area contributed by atoms with Crippen molar-refractivity contribution in [3.63, 3.8) is 0 Å². The molecule has 0 spiro atoms. The van der Waals surface area contributed by atoms with Crippen molar-refractivity contribution < 1.29 is 67.2 Å². The Kier molecular flexibility index (Phi) is 36.4. The normalized spacial score (nSPS) is 18.9. The van der Waals surface area contributed by atoms with Gasteiger partial charge in [-0.15, -0.1) is 0 Å². The van der Waals surface area contributed by atoms with Crippen molar-refractivity contribution >= 4 is 25.7 Å². The van der Waals surface area contributed by atoms with Gasteiger partial charge in [0.1, 0.15) is 29.7 Å². The van der Waals surface area contributed by atoms with Crippen LogP contribution in [-0.2, 0) is 37.7 Å². The van der Waals surface area contributed by atoms with Crippen LogP contribution >= 0.6 is 7.82 Å². The molecule has 2 aromatic rings. The van der Waals surface area contributed by atoms with E-state index >= 15 is 4.57 Å². The van der Waals surface area contributed by atoms with Crippen LogP contribution in [0.25, 0.3) is 0 Å². The Morgan fingerprint density at radius 1 is 0.513 bits per heavy atom. The number of hydrogen-bond acceptors (Lipinski definition) is 14. The van der Waals surface area contributed by atoms with Crippen LogP contribution in [-0.4, -0.2) is 93.8 Å². The number of carbonyl (C=O) groups excluding carboxylic acids is 3. The molecule has 76 heavy (non-hydrogen) atoms. The quantitative estimate of drug-likeness (QED) is 0.0237. The van der Waals surface area contributed by atoms with Gasteiger partial charge in [0.25, 0.3) is 0 Å². The Morgan fingerprint density at radius 3 is 1.25 bits per heavy atom. The molecule has 1 heterocycles. The van der Waals surface area contributed by atoms with Crippen molar-refractivity contribution in [2.24, 2.45) is 0 Å². The number of aliphatic hydroxyl groups is 4. The molecule has 434 valence electrons. The molecule has 1 aliphatic heterocycles. The lowest BCUT2D eigenvalue weighted by Gasteiger charge is -2.45. The molecule has 16 heteroatoms. The van der Waals surface area contributed by atoms with Gasteiger partial charge in [-0.1, -0.05) is 231 Å². The molecule has 0 aromatic heterocycles. The van der Waals surface area contributed by atoms with Gasteiger partial charge in [0.2, 0.25) is 12.2 Å². The minimum atomic E-state index is -4.85. The summed E-state index contributed by atoms with van der Waals surface area (Å²) in [4.78, 5) is 41.9. The lowest BCUT2D eigenvalue weighted by Crippen LogP contribution is -2.66. The van der Waals surface area contributed by atoms with Crippen molar-refractivity contribution in [2.75, 3.05) is 6.61 Å². The Bertz CT molecular complexity index is 1780. The molecule has 0 unspecified atom stereocenters. The number of amides is 1. The molecule has 1 aliphatic rings. The summed E-state index contributed by atoms with van der Waals surface area (Å²) in [7, 11) is -4.85. The van der Waals surface area contributed by atoms with Gasteiger partial charge >= 0.3 is 19.8 Å². The van der Waals surface area contributed by atoms with Gasteiger partial charge in [-0.2, -0.15) is 0 Å². The third kappa shape index (κ3) is 30.0. The zero-order chi connectivity index (χ0) is 55.1. The number of rotatable bonds is 46. The van der Waals surface area contributed by atoms with Crippen LogP contribution in [0, 0.1) is 0 Å². The number of ether oxygens (including phenoxy) is 3. The van der Waals surface area contributed by atoms with Crippen molar-refractivity contribution in [1.82, 2.24) is 5.32 Å². The van der Waals surface area contributed by atoms with E-state index in [-0.39, 0.29) is 17.9 Å². The SMILES string of the molecule is CCCCCCCCCCC[C@@H](O)CC(=O)N[C@H]1[C@@H](OC(=O)C[C@H](O)CCCCCCCCCCC)O[C@H](CO)[C@@H](OP(=O)(Oc2ccccc2)Oc2ccccc2)[C@@H]1OC(=O)C[C@H](O)CCCCCCCCCCC. The first-order valence-corrected chi connectivity index (χ1v) is 31.1.